The SMILES string of the molecule is Cc1cc(S(=O)(=O)NC2CCCCC2CN)c(C)o1.Cl. The fourth-order valence-electron chi connectivity index (χ4n) is 2.78. The summed E-state index contributed by atoms with van der Waals surface area (Å²) in [5.41, 5.74) is 5.73. The molecular weight excluding hydrogens is 300 g/mol. The first kappa shape index (κ1) is 17.5. The van der Waals surface area contributed by atoms with Crippen LogP contribution in [-0.2, 0) is 10.0 Å². The summed E-state index contributed by atoms with van der Waals surface area (Å²) in [7, 11) is -3.51. The van der Waals surface area contributed by atoms with Gasteiger partial charge in [0.1, 0.15) is 16.4 Å². The highest BCUT2D eigenvalue weighted by Gasteiger charge is 2.30. The molecule has 0 aromatic carbocycles. The largest absolute Gasteiger partial charge is 0.465 e. The number of nitrogens with one attached hydrogen (secondary N) is 1. The Morgan fingerprint density at radius 3 is 2.55 bits per heavy atom. The van der Waals surface area contributed by atoms with Gasteiger partial charge in [-0.1, -0.05) is 12.8 Å². The Bertz CT molecular complexity index is 542. The zero-order valence-electron chi connectivity index (χ0n) is 11.9. The van der Waals surface area contributed by atoms with E-state index in [9.17, 15) is 8.42 Å². The van der Waals surface area contributed by atoms with Crippen LogP contribution in [0.3, 0.4) is 0 Å². The van der Waals surface area contributed by atoms with E-state index in [1.165, 1.54) is 0 Å². The number of halogens is 1. The molecule has 0 spiro atoms. The molecule has 1 heterocycles. The van der Waals surface area contributed by atoms with Crippen LogP contribution in [0, 0.1) is 19.8 Å². The first-order valence-electron chi connectivity index (χ1n) is 6.73. The van der Waals surface area contributed by atoms with Gasteiger partial charge in [-0.05, 0) is 45.2 Å². The van der Waals surface area contributed by atoms with E-state index in [-0.39, 0.29) is 29.3 Å². The van der Waals surface area contributed by atoms with E-state index in [0.717, 1.165) is 25.7 Å². The van der Waals surface area contributed by atoms with Gasteiger partial charge < -0.3 is 10.2 Å². The second kappa shape index (κ2) is 6.93. The van der Waals surface area contributed by atoms with Crippen LogP contribution < -0.4 is 10.5 Å². The van der Waals surface area contributed by atoms with Crippen LogP contribution in [0.25, 0.3) is 0 Å². The fraction of sp³-hybridized carbons (Fsp3) is 0.692. The van der Waals surface area contributed by atoms with Crippen molar-refractivity contribution in [3.63, 3.8) is 0 Å². The van der Waals surface area contributed by atoms with Gasteiger partial charge in [-0.15, -0.1) is 12.4 Å². The topological polar surface area (TPSA) is 85.3 Å². The smallest absolute Gasteiger partial charge is 0.244 e. The minimum absolute atomic E-state index is 0. The van der Waals surface area contributed by atoms with Crippen LogP contribution in [0.1, 0.15) is 37.2 Å². The summed E-state index contributed by atoms with van der Waals surface area (Å²) in [6, 6.07) is 1.51. The van der Waals surface area contributed by atoms with Crippen LogP contribution in [0.2, 0.25) is 0 Å². The van der Waals surface area contributed by atoms with E-state index in [4.69, 9.17) is 10.2 Å². The van der Waals surface area contributed by atoms with Crippen molar-refractivity contribution in [1.82, 2.24) is 4.72 Å². The zero-order chi connectivity index (χ0) is 14.0. The lowest BCUT2D eigenvalue weighted by molar-refractivity contribution is 0.296. The highest BCUT2D eigenvalue weighted by atomic mass is 35.5. The third kappa shape index (κ3) is 3.75. The molecule has 5 nitrogen and oxygen atoms in total. The maximum absolute atomic E-state index is 12.4. The molecule has 1 saturated carbocycles. The second-order valence-electron chi connectivity index (χ2n) is 5.29. The van der Waals surface area contributed by atoms with Crippen molar-refractivity contribution in [3.05, 3.63) is 17.6 Å². The average Bonchev–Trinajstić information content (AvgIpc) is 2.69. The Morgan fingerprint density at radius 1 is 1.35 bits per heavy atom. The van der Waals surface area contributed by atoms with Gasteiger partial charge in [0.05, 0.1) is 0 Å². The molecule has 7 heteroatoms. The Morgan fingerprint density at radius 2 is 2.00 bits per heavy atom. The number of hydrogen-bond donors (Lipinski definition) is 2. The summed E-state index contributed by atoms with van der Waals surface area (Å²) in [5.74, 6) is 1.28. The molecule has 1 aliphatic rings. The van der Waals surface area contributed by atoms with E-state index >= 15 is 0 Å². The van der Waals surface area contributed by atoms with Crippen molar-refractivity contribution in [2.24, 2.45) is 11.7 Å². The number of hydrogen-bond acceptors (Lipinski definition) is 4. The van der Waals surface area contributed by atoms with Crippen molar-refractivity contribution in [2.45, 2.75) is 50.5 Å². The molecule has 0 saturated heterocycles. The molecule has 1 aliphatic carbocycles. The minimum Gasteiger partial charge on any atom is -0.465 e. The predicted molar refractivity (Wildman–Crippen MR) is 80.6 cm³/mol. The number of nitrogens with two attached hydrogens (primary N) is 1. The molecule has 0 bridgehead atoms. The number of furan rings is 1. The van der Waals surface area contributed by atoms with E-state index < -0.39 is 10.0 Å². The van der Waals surface area contributed by atoms with E-state index in [2.05, 4.69) is 4.72 Å². The molecule has 1 aromatic rings. The third-order valence-electron chi connectivity index (χ3n) is 3.80. The third-order valence-corrected chi connectivity index (χ3v) is 5.40. The lowest BCUT2D eigenvalue weighted by Gasteiger charge is -2.30. The quantitative estimate of drug-likeness (QED) is 0.889. The Hall–Kier alpha value is -0.560. The molecule has 116 valence electrons. The Kier molecular flexibility index (Phi) is 6.06. The predicted octanol–water partition coefficient (Wildman–Crippen LogP) is 2.11. The summed E-state index contributed by atoms with van der Waals surface area (Å²) >= 11 is 0. The minimum atomic E-state index is -3.51. The van der Waals surface area contributed by atoms with Crippen LogP contribution >= 0.6 is 12.4 Å². The van der Waals surface area contributed by atoms with Gasteiger partial charge in [0.2, 0.25) is 10.0 Å². The highest BCUT2D eigenvalue weighted by molar-refractivity contribution is 7.89. The van der Waals surface area contributed by atoms with Crippen molar-refractivity contribution < 1.29 is 12.8 Å². The highest BCUT2D eigenvalue weighted by Crippen LogP contribution is 2.26. The summed E-state index contributed by atoms with van der Waals surface area (Å²) in [6.07, 6.45) is 4.03. The molecular formula is C13H23ClN2O3S. The first-order chi connectivity index (χ1) is 8.94. The average molecular weight is 323 g/mol. The van der Waals surface area contributed by atoms with Crippen LogP contribution in [0.4, 0.5) is 0 Å². The van der Waals surface area contributed by atoms with Gasteiger partial charge in [0.15, 0.2) is 0 Å². The molecule has 2 unspecified atom stereocenters. The van der Waals surface area contributed by atoms with Gasteiger partial charge in [-0.2, -0.15) is 0 Å². The second-order valence-corrected chi connectivity index (χ2v) is 6.97. The lowest BCUT2D eigenvalue weighted by atomic mass is 9.85. The Labute approximate surface area is 126 Å². The number of sulfonamides is 1. The van der Waals surface area contributed by atoms with Crippen LogP contribution in [0.5, 0.6) is 0 Å². The number of rotatable bonds is 4. The van der Waals surface area contributed by atoms with E-state index in [1.54, 1.807) is 19.9 Å². The molecule has 3 N–H and O–H groups in total. The van der Waals surface area contributed by atoms with Crippen molar-refractivity contribution >= 4 is 22.4 Å². The maximum Gasteiger partial charge on any atom is 0.244 e. The first-order valence-corrected chi connectivity index (χ1v) is 8.22. The molecule has 0 amide bonds. The molecule has 2 rings (SSSR count). The molecule has 1 aromatic heterocycles. The van der Waals surface area contributed by atoms with Gasteiger partial charge in [-0.3, -0.25) is 0 Å². The maximum atomic E-state index is 12.4. The van der Waals surface area contributed by atoms with Crippen molar-refractivity contribution in [1.29, 1.82) is 0 Å². The van der Waals surface area contributed by atoms with Crippen LogP contribution in [0.15, 0.2) is 15.4 Å². The summed E-state index contributed by atoms with van der Waals surface area (Å²) in [4.78, 5) is 0.242. The van der Waals surface area contributed by atoms with Crippen molar-refractivity contribution in [2.75, 3.05) is 6.54 Å². The monoisotopic (exact) mass is 322 g/mol. The van der Waals surface area contributed by atoms with Gasteiger partial charge in [0.25, 0.3) is 0 Å². The normalized spacial score (nSPS) is 23.4. The van der Waals surface area contributed by atoms with Gasteiger partial charge in [0, 0.05) is 6.04 Å². The molecule has 0 aliphatic heterocycles. The van der Waals surface area contributed by atoms with Gasteiger partial charge >= 0.3 is 0 Å². The fourth-order valence-corrected chi connectivity index (χ4v) is 4.36. The molecule has 0 radical (unpaired) electrons. The van der Waals surface area contributed by atoms with Crippen LogP contribution in [-0.4, -0.2) is 21.0 Å². The zero-order valence-corrected chi connectivity index (χ0v) is 13.5. The molecule has 20 heavy (non-hydrogen) atoms. The van der Waals surface area contributed by atoms with Crippen molar-refractivity contribution in [3.8, 4) is 0 Å². The van der Waals surface area contributed by atoms with Gasteiger partial charge in [-0.25, -0.2) is 13.1 Å². The summed E-state index contributed by atoms with van der Waals surface area (Å²) < 4.78 is 32.9. The standard InChI is InChI=1S/C13H22N2O3S.ClH/c1-9-7-13(10(2)18-9)19(16,17)15-12-6-4-3-5-11(12)8-14;/h7,11-12,15H,3-6,8,14H2,1-2H3;1H. The molecule has 2 atom stereocenters. The summed E-state index contributed by atoms with van der Waals surface area (Å²) in [5, 5.41) is 0. The molecule has 1 fully saturated rings. The van der Waals surface area contributed by atoms with E-state index in [1.807, 2.05) is 0 Å². The Balaban J connectivity index is 0.00000200. The summed E-state index contributed by atoms with van der Waals surface area (Å²) in [6.45, 7) is 3.94. The van der Waals surface area contributed by atoms with E-state index in [0.29, 0.717) is 18.1 Å². The number of aryl methyl sites for hydroxylation is 2. The lowest BCUT2D eigenvalue weighted by Crippen LogP contribution is -2.44.